The van der Waals surface area contributed by atoms with Crippen LogP contribution in [-0.2, 0) is 5.41 Å². The topological polar surface area (TPSA) is 61.3 Å². The molecule has 0 atom stereocenters. The van der Waals surface area contributed by atoms with Crippen molar-refractivity contribution in [2.24, 2.45) is 0 Å². The molecule has 2 N–H and O–H groups in total. The van der Waals surface area contributed by atoms with Crippen LogP contribution in [0.2, 0.25) is 0 Å². The molecule has 0 saturated carbocycles. The summed E-state index contributed by atoms with van der Waals surface area (Å²) in [4.78, 5) is 11.4. The van der Waals surface area contributed by atoms with Gasteiger partial charge in [0.2, 0.25) is 0 Å². The third-order valence-corrected chi connectivity index (χ3v) is 3.02. The Bertz CT molecular complexity index is 460. The average Bonchev–Trinajstić information content (AvgIpc) is 2.34. The lowest BCUT2D eigenvalue weighted by atomic mass is 9.95. The molecule has 0 fully saturated rings. The molecular formula is C16H30N4O. The molecule has 0 bridgehead atoms. The van der Waals surface area contributed by atoms with Crippen molar-refractivity contribution in [2.45, 2.75) is 59.5 Å². The number of hydrogen-bond donors (Lipinski definition) is 2. The van der Waals surface area contributed by atoms with Gasteiger partial charge in [-0.05, 0) is 27.7 Å². The van der Waals surface area contributed by atoms with E-state index in [9.17, 15) is 5.11 Å². The van der Waals surface area contributed by atoms with E-state index in [1.54, 1.807) is 0 Å². The second-order valence-electron chi connectivity index (χ2n) is 7.04. The third kappa shape index (κ3) is 5.50. The Morgan fingerprint density at radius 1 is 1.14 bits per heavy atom. The molecule has 0 unspecified atom stereocenters. The van der Waals surface area contributed by atoms with Crippen LogP contribution in [-0.4, -0.2) is 40.3 Å². The summed E-state index contributed by atoms with van der Waals surface area (Å²) < 4.78 is 0. The number of anilines is 2. The van der Waals surface area contributed by atoms with Gasteiger partial charge in [-0.25, -0.2) is 9.97 Å². The van der Waals surface area contributed by atoms with Crippen LogP contribution in [0.3, 0.4) is 0 Å². The summed E-state index contributed by atoms with van der Waals surface area (Å²) >= 11 is 0. The van der Waals surface area contributed by atoms with E-state index >= 15 is 0 Å². The van der Waals surface area contributed by atoms with Crippen LogP contribution in [0.25, 0.3) is 0 Å². The first-order valence-electron chi connectivity index (χ1n) is 7.67. The summed E-state index contributed by atoms with van der Waals surface area (Å²) in [5.41, 5.74) is -0.879. The van der Waals surface area contributed by atoms with Crippen molar-refractivity contribution >= 4 is 11.6 Å². The molecule has 1 aromatic heterocycles. The van der Waals surface area contributed by atoms with Gasteiger partial charge in [0.25, 0.3) is 0 Å². The summed E-state index contributed by atoms with van der Waals surface area (Å²) in [6.45, 7) is 16.2. The van der Waals surface area contributed by atoms with Crippen molar-refractivity contribution in [3.63, 3.8) is 0 Å². The van der Waals surface area contributed by atoms with Gasteiger partial charge in [-0.15, -0.1) is 0 Å². The minimum atomic E-state index is -0.763. The van der Waals surface area contributed by atoms with Crippen molar-refractivity contribution in [1.82, 2.24) is 9.97 Å². The van der Waals surface area contributed by atoms with E-state index in [2.05, 4.69) is 42.9 Å². The first-order valence-corrected chi connectivity index (χ1v) is 7.67. The maximum Gasteiger partial charge on any atom is 0.138 e. The quantitative estimate of drug-likeness (QED) is 0.845. The molecule has 1 rings (SSSR count). The predicted octanol–water partition coefficient (Wildman–Crippen LogP) is 2.80. The zero-order chi connectivity index (χ0) is 16.3. The largest absolute Gasteiger partial charge is 0.389 e. The fourth-order valence-corrected chi connectivity index (χ4v) is 2.03. The summed E-state index contributed by atoms with van der Waals surface area (Å²) in [6.07, 6.45) is 0. The lowest BCUT2D eigenvalue weighted by Crippen LogP contribution is -2.39. The molecular weight excluding hydrogens is 264 g/mol. The van der Waals surface area contributed by atoms with Crippen molar-refractivity contribution in [1.29, 1.82) is 0 Å². The number of likely N-dealkylation sites (N-methyl/N-ethyl adjacent to an activating group) is 1. The smallest absolute Gasteiger partial charge is 0.138 e. The molecule has 0 aliphatic rings. The van der Waals surface area contributed by atoms with E-state index in [1.165, 1.54) is 0 Å². The van der Waals surface area contributed by atoms with Crippen molar-refractivity contribution in [3.8, 4) is 0 Å². The van der Waals surface area contributed by atoms with E-state index in [0.29, 0.717) is 6.54 Å². The van der Waals surface area contributed by atoms with Crippen molar-refractivity contribution < 1.29 is 5.11 Å². The third-order valence-electron chi connectivity index (χ3n) is 3.02. The van der Waals surface area contributed by atoms with Gasteiger partial charge < -0.3 is 15.3 Å². The molecule has 0 radical (unpaired) electrons. The molecule has 0 aliphatic carbocycles. The fourth-order valence-electron chi connectivity index (χ4n) is 2.03. The average molecular weight is 294 g/mol. The highest BCUT2D eigenvalue weighted by atomic mass is 16.3. The zero-order valence-corrected chi connectivity index (χ0v) is 14.5. The van der Waals surface area contributed by atoms with Crippen LogP contribution in [0, 0.1) is 0 Å². The number of rotatable bonds is 6. The molecule has 1 heterocycles. The zero-order valence-electron chi connectivity index (χ0n) is 14.5. The van der Waals surface area contributed by atoms with Gasteiger partial charge in [-0.1, -0.05) is 20.8 Å². The Hall–Kier alpha value is -1.36. The maximum absolute atomic E-state index is 10.1. The Morgan fingerprint density at radius 3 is 2.19 bits per heavy atom. The van der Waals surface area contributed by atoms with Crippen molar-refractivity contribution in [2.75, 3.05) is 29.9 Å². The van der Waals surface area contributed by atoms with Gasteiger partial charge in [0.1, 0.15) is 17.5 Å². The Morgan fingerprint density at radius 2 is 1.76 bits per heavy atom. The SMILES string of the molecule is CCNc1cc(N(CC)CC(C)(C)O)nc(C(C)(C)C)n1. The lowest BCUT2D eigenvalue weighted by Gasteiger charge is -2.30. The normalized spacial score (nSPS) is 12.4. The van der Waals surface area contributed by atoms with E-state index in [-0.39, 0.29) is 5.41 Å². The molecule has 5 nitrogen and oxygen atoms in total. The van der Waals surface area contributed by atoms with Gasteiger partial charge in [-0.2, -0.15) is 0 Å². The summed E-state index contributed by atoms with van der Waals surface area (Å²) in [7, 11) is 0. The molecule has 120 valence electrons. The van der Waals surface area contributed by atoms with E-state index in [4.69, 9.17) is 4.98 Å². The lowest BCUT2D eigenvalue weighted by molar-refractivity contribution is 0.0874. The predicted molar refractivity (Wildman–Crippen MR) is 89.1 cm³/mol. The van der Waals surface area contributed by atoms with Gasteiger partial charge in [0.15, 0.2) is 0 Å². The fraction of sp³-hybridized carbons (Fsp3) is 0.750. The van der Waals surface area contributed by atoms with Gasteiger partial charge in [0.05, 0.1) is 5.60 Å². The highest BCUT2D eigenvalue weighted by Crippen LogP contribution is 2.24. The summed E-state index contributed by atoms with van der Waals surface area (Å²) in [5.74, 6) is 2.50. The Kier molecular flexibility index (Phi) is 5.56. The second-order valence-corrected chi connectivity index (χ2v) is 7.04. The van der Waals surface area contributed by atoms with E-state index < -0.39 is 5.60 Å². The number of nitrogens with zero attached hydrogens (tertiary/aromatic N) is 3. The molecule has 21 heavy (non-hydrogen) atoms. The number of nitrogens with one attached hydrogen (secondary N) is 1. The van der Waals surface area contributed by atoms with Crippen LogP contribution < -0.4 is 10.2 Å². The minimum absolute atomic E-state index is 0.117. The van der Waals surface area contributed by atoms with Crippen LogP contribution in [0.15, 0.2) is 6.07 Å². The molecule has 5 heteroatoms. The molecule has 0 amide bonds. The van der Waals surface area contributed by atoms with E-state index in [1.807, 2.05) is 26.8 Å². The molecule has 1 aromatic rings. The highest BCUT2D eigenvalue weighted by molar-refractivity contribution is 5.50. The first-order chi connectivity index (χ1) is 9.56. The number of aliphatic hydroxyl groups is 1. The first kappa shape index (κ1) is 17.7. The summed E-state index contributed by atoms with van der Waals surface area (Å²) in [6, 6.07) is 1.95. The highest BCUT2D eigenvalue weighted by Gasteiger charge is 2.23. The van der Waals surface area contributed by atoms with Crippen LogP contribution in [0.5, 0.6) is 0 Å². The molecule has 0 saturated heterocycles. The maximum atomic E-state index is 10.1. The number of aromatic nitrogens is 2. The molecule has 0 aliphatic heterocycles. The number of hydrogen-bond acceptors (Lipinski definition) is 5. The molecule has 0 spiro atoms. The van der Waals surface area contributed by atoms with Crippen LogP contribution in [0.1, 0.15) is 54.3 Å². The minimum Gasteiger partial charge on any atom is -0.389 e. The second kappa shape index (κ2) is 6.60. The Balaban J connectivity index is 3.23. The van der Waals surface area contributed by atoms with Gasteiger partial charge in [0, 0.05) is 31.1 Å². The Labute approximate surface area is 128 Å². The van der Waals surface area contributed by atoms with Gasteiger partial charge in [-0.3, -0.25) is 0 Å². The standard InChI is InChI=1S/C16H30N4O/c1-8-17-12-10-13(19-14(18-12)15(3,4)5)20(9-2)11-16(6,7)21/h10,21H,8-9,11H2,1-7H3,(H,17,18,19). The monoisotopic (exact) mass is 294 g/mol. The summed E-state index contributed by atoms with van der Waals surface area (Å²) in [5, 5.41) is 13.3. The van der Waals surface area contributed by atoms with Crippen molar-refractivity contribution in [3.05, 3.63) is 11.9 Å². The van der Waals surface area contributed by atoms with Crippen LogP contribution in [0.4, 0.5) is 11.6 Å². The molecule has 0 aromatic carbocycles. The van der Waals surface area contributed by atoms with Crippen LogP contribution >= 0.6 is 0 Å². The van der Waals surface area contributed by atoms with Gasteiger partial charge >= 0.3 is 0 Å². The van der Waals surface area contributed by atoms with E-state index in [0.717, 1.165) is 30.5 Å².